The molecule has 0 fully saturated rings. The zero-order valence-corrected chi connectivity index (χ0v) is 9.91. The minimum Gasteiger partial charge on any atom is -0.496 e. The van der Waals surface area contributed by atoms with E-state index in [1.165, 1.54) is 31.5 Å². The van der Waals surface area contributed by atoms with Crippen molar-refractivity contribution in [2.75, 3.05) is 7.11 Å². The van der Waals surface area contributed by atoms with E-state index >= 15 is 0 Å². The Morgan fingerprint density at radius 1 is 1.21 bits per heavy atom. The lowest BCUT2D eigenvalue weighted by Gasteiger charge is -2.13. The Balaban J connectivity index is 2.62. The van der Waals surface area contributed by atoms with Crippen molar-refractivity contribution in [1.82, 2.24) is 4.98 Å². The average Bonchev–Trinajstić information content (AvgIpc) is 2.37. The van der Waals surface area contributed by atoms with E-state index in [-0.39, 0.29) is 16.9 Å². The van der Waals surface area contributed by atoms with Gasteiger partial charge in [0.1, 0.15) is 5.75 Å². The normalized spacial score (nSPS) is 11.4. The largest absolute Gasteiger partial charge is 0.496 e. The molecule has 0 aliphatic rings. The maximum absolute atomic E-state index is 12.9. The van der Waals surface area contributed by atoms with Crippen molar-refractivity contribution in [3.05, 3.63) is 52.4 Å². The third-order valence-electron chi connectivity index (χ3n) is 2.63. The van der Waals surface area contributed by atoms with Crippen molar-refractivity contribution in [3.8, 4) is 16.9 Å². The maximum atomic E-state index is 12.9. The van der Waals surface area contributed by atoms with Crippen molar-refractivity contribution >= 4 is 0 Å². The number of pyridine rings is 1. The van der Waals surface area contributed by atoms with E-state index in [0.29, 0.717) is 0 Å². The summed E-state index contributed by atoms with van der Waals surface area (Å²) in [5, 5.41) is 0. The van der Waals surface area contributed by atoms with Crippen LogP contribution >= 0.6 is 0 Å². The Morgan fingerprint density at radius 3 is 2.53 bits per heavy atom. The van der Waals surface area contributed by atoms with E-state index < -0.39 is 17.3 Å². The molecule has 1 aromatic carbocycles. The van der Waals surface area contributed by atoms with Crippen molar-refractivity contribution < 1.29 is 17.9 Å². The molecule has 19 heavy (non-hydrogen) atoms. The minimum atomic E-state index is -4.54. The summed E-state index contributed by atoms with van der Waals surface area (Å²) >= 11 is 0. The number of halogens is 3. The molecule has 0 aliphatic heterocycles. The third-order valence-corrected chi connectivity index (χ3v) is 2.63. The average molecular weight is 269 g/mol. The molecular weight excluding hydrogens is 259 g/mol. The molecule has 0 saturated heterocycles. The second-order valence-corrected chi connectivity index (χ2v) is 3.83. The number of nitrogens with one attached hydrogen (secondary N) is 1. The van der Waals surface area contributed by atoms with Gasteiger partial charge >= 0.3 is 6.18 Å². The number of alkyl halides is 3. The van der Waals surface area contributed by atoms with E-state index in [0.717, 1.165) is 6.07 Å². The van der Waals surface area contributed by atoms with Gasteiger partial charge in [-0.25, -0.2) is 0 Å². The topological polar surface area (TPSA) is 42.1 Å². The Bertz CT molecular complexity index is 647. The molecule has 1 aromatic heterocycles. The standard InChI is InChI=1S/C13H10F3NO2/c1-19-11-5-4-8(7-10(11)13(14,15)16)9-3-2-6-17-12(9)18/h2-7H,1H3,(H,17,18). The van der Waals surface area contributed by atoms with Gasteiger partial charge in [0, 0.05) is 11.8 Å². The summed E-state index contributed by atoms with van der Waals surface area (Å²) in [6, 6.07) is 6.53. The highest BCUT2D eigenvalue weighted by molar-refractivity contribution is 5.65. The summed E-state index contributed by atoms with van der Waals surface area (Å²) in [7, 11) is 1.17. The summed E-state index contributed by atoms with van der Waals surface area (Å²) in [4.78, 5) is 14.0. The number of aromatic amines is 1. The van der Waals surface area contributed by atoms with Crippen molar-refractivity contribution in [1.29, 1.82) is 0 Å². The van der Waals surface area contributed by atoms with Gasteiger partial charge in [-0.3, -0.25) is 4.79 Å². The number of ether oxygens (including phenoxy) is 1. The number of benzene rings is 1. The molecular formula is C13H10F3NO2. The highest BCUT2D eigenvalue weighted by Crippen LogP contribution is 2.38. The Hall–Kier alpha value is -2.24. The molecule has 0 saturated carbocycles. The molecule has 0 atom stereocenters. The van der Waals surface area contributed by atoms with Gasteiger partial charge in [0.05, 0.1) is 12.7 Å². The second kappa shape index (κ2) is 4.79. The van der Waals surface area contributed by atoms with Gasteiger partial charge in [-0.2, -0.15) is 13.2 Å². The van der Waals surface area contributed by atoms with E-state index in [1.807, 2.05) is 0 Å². The van der Waals surface area contributed by atoms with Gasteiger partial charge in [0.15, 0.2) is 0 Å². The minimum absolute atomic E-state index is 0.177. The van der Waals surface area contributed by atoms with Gasteiger partial charge in [-0.05, 0) is 29.8 Å². The zero-order chi connectivity index (χ0) is 14.0. The molecule has 0 aliphatic carbocycles. The van der Waals surface area contributed by atoms with E-state index in [1.54, 1.807) is 6.07 Å². The highest BCUT2D eigenvalue weighted by Gasteiger charge is 2.34. The van der Waals surface area contributed by atoms with Crippen LogP contribution in [0.1, 0.15) is 5.56 Å². The molecule has 0 spiro atoms. The lowest BCUT2D eigenvalue weighted by molar-refractivity contribution is -0.138. The molecule has 2 rings (SSSR count). The number of methoxy groups -OCH3 is 1. The van der Waals surface area contributed by atoms with Gasteiger partial charge < -0.3 is 9.72 Å². The van der Waals surface area contributed by atoms with Crippen LogP contribution in [-0.2, 0) is 6.18 Å². The molecule has 6 heteroatoms. The van der Waals surface area contributed by atoms with Crippen molar-refractivity contribution in [3.63, 3.8) is 0 Å². The number of aromatic nitrogens is 1. The van der Waals surface area contributed by atoms with E-state index in [9.17, 15) is 18.0 Å². The van der Waals surface area contributed by atoms with E-state index in [2.05, 4.69) is 9.72 Å². The fourth-order valence-corrected chi connectivity index (χ4v) is 1.75. The monoisotopic (exact) mass is 269 g/mol. The molecule has 0 radical (unpaired) electrons. The van der Waals surface area contributed by atoms with Crippen LogP contribution in [0.3, 0.4) is 0 Å². The summed E-state index contributed by atoms with van der Waals surface area (Å²) in [5.74, 6) is -0.274. The zero-order valence-electron chi connectivity index (χ0n) is 9.91. The summed E-state index contributed by atoms with van der Waals surface area (Å²) in [6.07, 6.45) is -3.12. The first-order valence-corrected chi connectivity index (χ1v) is 5.37. The van der Waals surface area contributed by atoms with Gasteiger partial charge in [-0.1, -0.05) is 6.07 Å². The molecule has 3 nitrogen and oxygen atoms in total. The van der Waals surface area contributed by atoms with Crippen LogP contribution in [0, 0.1) is 0 Å². The molecule has 1 heterocycles. The van der Waals surface area contributed by atoms with Crippen LogP contribution in [0.5, 0.6) is 5.75 Å². The van der Waals surface area contributed by atoms with Crippen LogP contribution in [-0.4, -0.2) is 12.1 Å². The van der Waals surface area contributed by atoms with Crippen LogP contribution < -0.4 is 10.3 Å². The Labute approximate surface area is 106 Å². The first kappa shape index (κ1) is 13.2. The molecule has 0 bridgehead atoms. The smallest absolute Gasteiger partial charge is 0.419 e. The van der Waals surface area contributed by atoms with Crippen LogP contribution in [0.4, 0.5) is 13.2 Å². The first-order chi connectivity index (χ1) is 8.93. The maximum Gasteiger partial charge on any atom is 0.419 e. The van der Waals surface area contributed by atoms with Crippen molar-refractivity contribution in [2.24, 2.45) is 0 Å². The quantitative estimate of drug-likeness (QED) is 0.910. The number of hydrogen-bond acceptors (Lipinski definition) is 2. The molecule has 1 N–H and O–H groups in total. The van der Waals surface area contributed by atoms with Crippen LogP contribution in [0.25, 0.3) is 11.1 Å². The van der Waals surface area contributed by atoms with Gasteiger partial charge in [-0.15, -0.1) is 0 Å². The number of rotatable bonds is 2. The number of hydrogen-bond donors (Lipinski definition) is 1. The predicted octanol–water partition coefficient (Wildman–Crippen LogP) is 3.07. The predicted molar refractivity (Wildman–Crippen MR) is 64.1 cm³/mol. The van der Waals surface area contributed by atoms with Crippen LogP contribution in [0.2, 0.25) is 0 Å². The van der Waals surface area contributed by atoms with Crippen molar-refractivity contribution in [2.45, 2.75) is 6.18 Å². The molecule has 2 aromatic rings. The molecule has 100 valence electrons. The molecule has 0 unspecified atom stereocenters. The lowest BCUT2D eigenvalue weighted by Crippen LogP contribution is -2.10. The van der Waals surface area contributed by atoms with Gasteiger partial charge in [0.2, 0.25) is 0 Å². The third kappa shape index (κ3) is 2.62. The summed E-state index contributed by atoms with van der Waals surface area (Å²) in [6.45, 7) is 0. The summed E-state index contributed by atoms with van der Waals surface area (Å²) < 4.78 is 43.3. The summed E-state index contributed by atoms with van der Waals surface area (Å²) in [5.41, 5.74) is -0.984. The molecule has 0 amide bonds. The van der Waals surface area contributed by atoms with Gasteiger partial charge in [0.25, 0.3) is 5.56 Å². The fourth-order valence-electron chi connectivity index (χ4n) is 1.75. The van der Waals surface area contributed by atoms with E-state index in [4.69, 9.17) is 0 Å². The first-order valence-electron chi connectivity index (χ1n) is 5.37. The number of H-pyrrole nitrogens is 1. The lowest BCUT2D eigenvalue weighted by atomic mass is 10.0. The second-order valence-electron chi connectivity index (χ2n) is 3.83. The van der Waals surface area contributed by atoms with Crippen LogP contribution in [0.15, 0.2) is 41.3 Å². The Kier molecular flexibility index (Phi) is 3.33. The fraction of sp³-hybridized carbons (Fsp3) is 0.154. The SMILES string of the molecule is COc1ccc(-c2ccc[nH]c2=O)cc1C(F)(F)F. The Morgan fingerprint density at radius 2 is 1.95 bits per heavy atom. The highest BCUT2D eigenvalue weighted by atomic mass is 19.4.